The van der Waals surface area contributed by atoms with Crippen molar-refractivity contribution in [1.29, 1.82) is 0 Å². The van der Waals surface area contributed by atoms with E-state index in [1.807, 2.05) is 6.07 Å². The minimum atomic E-state index is -4.62. The molecule has 3 aromatic rings. The van der Waals surface area contributed by atoms with Gasteiger partial charge in [-0.25, -0.2) is 0 Å². The van der Waals surface area contributed by atoms with E-state index in [4.69, 9.17) is 22.1 Å². The first kappa shape index (κ1) is 24.1. The van der Waals surface area contributed by atoms with Crippen LogP contribution in [-0.4, -0.2) is 16.8 Å². The lowest BCUT2D eigenvalue weighted by atomic mass is 10.1. The zero-order valence-corrected chi connectivity index (χ0v) is 17.9. The van der Waals surface area contributed by atoms with Crippen molar-refractivity contribution in [2.75, 3.05) is 5.32 Å². The molecule has 3 rings (SSSR count). The van der Waals surface area contributed by atoms with Gasteiger partial charge in [0.25, 0.3) is 5.91 Å². The number of ether oxygens (including phenoxy) is 1. The Hall–Kier alpha value is -3.59. The Morgan fingerprint density at radius 3 is 2.58 bits per heavy atom. The number of aromatic nitrogens is 1. The van der Waals surface area contributed by atoms with Crippen LogP contribution in [-0.2, 0) is 24.0 Å². The summed E-state index contributed by atoms with van der Waals surface area (Å²) < 4.78 is 44.6. The third-order valence-corrected chi connectivity index (χ3v) is 4.91. The van der Waals surface area contributed by atoms with E-state index in [2.05, 4.69) is 10.3 Å². The molecule has 0 aliphatic heterocycles. The Morgan fingerprint density at radius 1 is 1.06 bits per heavy atom. The zero-order chi connectivity index (χ0) is 24.0. The van der Waals surface area contributed by atoms with Gasteiger partial charge in [-0.05, 0) is 60.0 Å². The van der Waals surface area contributed by atoms with Gasteiger partial charge in [0.2, 0.25) is 5.91 Å². The maximum Gasteiger partial charge on any atom is 0.417 e. The lowest BCUT2D eigenvalue weighted by Crippen LogP contribution is -2.14. The molecule has 0 radical (unpaired) electrons. The van der Waals surface area contributed by atoms with Gasteiger partial charge in [0, 0.05) is 18.3 Å². The minimum Gasteiger partial charge on any atom is -0.489 e. The fourth-order valence-electron chi connectivity index (χ4n) is 2.96. The molecule has 0 saturated carbocycles. The normalized spacial score (nSPS) is 11.2. The van der Waals surface area contributed by atoms with Crippen LogP contribution in [0.1, 0.15) is 33.6 Å². The lowest BCUT2D eigenvalue weighted by molar-refractivity contribution is -0.137. The van der Waals surface area contributed by atoms with Gasteiger partial charge in [-0.15, -0.1) is 0 Å². The summed E-state index contributed by atoms with van der Waals surface area (Å²) in [6.07, 6.45) is -2.74. The number of nitrogens with zero attached hydrogens (tertiary/aromatic N) is 1. The SMILES string of the molecule is NC(=O)c1cc(COc2cccc(CCC(=O)Nc3ccc(Cl)c(C(F)(F)F)c3)c2)ccn1. The van der Waals surface area contributed by atoms with Crippen molar-refractivity contribution in [2.45, 2.75) is 25.6 Å². The molecule has 0 unspecified atom stereocenters. The number of carbonyl (C=O) groups excluding carboxylic acids is 2. The van der Waals surface area contributed by atoms with E-state index >= 15 is 0 Å². The first-order chi connectivity index (χ1) is 15.6. The van der Waals surface area contributed by atoms with E-state index in [1.165, 1.54) is 18.3 Å². The second kappa shape index (κ2) is 10.4. The summed E-state index contributed by atoms with van der Waals surface area (Å²) in [5.41, 5.74) is 5.88. The van der Waals surface area contributed by atoms with Gasteiger partial charge in [0.15, 0.2) is 0 Å². The highest BCUT2D eigenvalue weighted by Crippen LogP contribution is 2.36. The van der Waals surface area contributed by atoms with Crippen molar-refractivity contribution in [3.8, 4) is 5.75 Å². The Kier molecular flexibility index (Phi) is 7.55. The number of halogens is 4. The number of rotatable bonds is 8. The first-order valence-corrected chi connectivity index (χ1v) is 10.1. The van der Waals surface area contributed by atoms with E-state index in [9.17, 15) is 22.8 Å². The summed E-state index contributed by atoms with van der Waals surface area (Å²) >= 11 is 5.59. The molecule has 0 bridgehead atoms. The van der Waals surface area contributed by atoms with Crippen molar-refractivity contribution in [3.05, 3.63) is 88.2 Å². The summed E-state index contributed by atoms with van der Waals surface area (Å²) in [4.78, 5) is 27.3. The molecular weight excluding hydrogens is 459 g/mol. The Balaban J connectivity index is 1.56. The number of aryl methyl sites for hydroxylation is 1. The molecule has 0 aliphatic rings. The van der Waals surface area contributed by atoms with Crippen molar-refractivity contribution >= 4 is 29.1 Å². The first-order valence-electron chi connectivity index (χ1n) is 9.75. The van der Waals surface area contributed by atoms with E-state index < -0.39 is 28.6 Å². The number of hydrogen-bond acceptors (Lipinski definition) is 4. The van der Waals surface area contributed by atoms with Crippen molar-refractivity contribution in [3.63, 3.8) is 0 Å². The Morgan fingerprint density at radius 2 is 1.85 bits per heavy atom. The number of pyridine rings is 1. The number of alkyl halides is 3. The molecule has 2 amide bonds. The predicted octanol–water partition coefficient (Wildman–Crippen LogP) is 5.00. The molecule has 3 N–H and O–H groups in total. The van der Waals surface area contributed by atoms with Gasteiger partial charge in [0.1, 0.15) is 18.1 Å². The highest BCUT2D eigenvalue weighted by Gasteiger charge is 2.33. The van der Waals surface area contributed by atoms with Gasteiger partial charge < -0.3 is 15.8 Å². The fraction of sp³-hybridized carbons (Fsp3) is 0.174. The number of amides is 2. The molecule has 10 heteroatoms. The van der Waals surface area contributed by atoms with Crippen LogP contribution in [0.3, 0.4) is 0 Å². The van der Waals surface area contributed by atoms with E-state index in [-0.39, 0.29) is 24.4 Å². The van der Waals surface area contributed by atoms with Crippen molar-refractivity contribution in [1.82, 2.24) is 4.98 Å². The van der Waals surface area contributed by atoms with Crippen molar-refractivity contribution < 1.29 is 27.5 Å². The van der Waals surface area contributed by atoms with Gasteiger partial charge in [0.05, 0.1) is 10.6 Å². The number of primary amides is 1. The summed E-state index contributed by atoms with van der Waals surface area (Å²) in [5, 5.41) is 2.02. The standard InChI is InChI=1S/C23H19ClF3N3O3/c24-19-6-5-16(12-18(19)23(25,26)27)30-21(31)7-4-14-2-1-3-17(10-14)33-13-15-8-9-29-20(11-15)22(28)32/h1-3,5-6,8-12H,4,7,13H2,(H2,28,32)(H,30,31). The van der Waals surface area contributed by atoms with E-state index in [1.54, 1.807) is 24.3 Å². The van der Waals surface area contributed by atoms with E-state index in [0.29, 0.717) is 17.7 Å². The predicted molar refractivity (Wildman–Crippen MR) is 117 cm³/mol. The fourth-order valence-corrected chi connectivity index (χ4v) is 3.18. The molecule has 0 spiro atoms. The molecule has 172 valence electrons. The summed E-state index contributed by atoms with van der Waals surface area (Å²) in [6, 6.07) is 13.5. The molecule has 0 atom stereocenters. The zero-order valence-electron chi connectivity index (χ0n) is 17.2. The molecule has 0 aliphatic carbocycles. The van der Waals surface area contributed by atoms with Crippen LogP contribution in [0.5, 0.6) is 5.75 Å². The molecule has 0 fully saturated rings. The smallest absolute Gasteiger partial charge is 0.417 e. The van der Waals surface area contributed by atoms with Gasteiger partial charge in [-0.3, -0.25) is 14.6 Å². The molecule has 1 heterocycles. The van der Waals surface area contributed by atoms with Gasteiger partial charge in [-0.2, -0.15) is 13.2 Å². The molecule has 0 saturated heterocycles. The Labute approximate surface area is 192 Å². The number of anilines is 1. The summed E-state index contributed by atoms with van der Waals surface area (Å²) in [6.45, 7) is 0.185. The maximum atomic E-state index is 13.0. The highest BCUT2D eigenvalue weighted by molar-refractivity contribution is 6.31. The van der Waals surface area contributed by atoms with Crippen molar-refractivity contribution in [2.24, 2.45) is 5.73 Å². The number of nitrogens with one attached hydrogen (secondary N) is 1. The minimum absolute atomic E-state index is 0.0153. The van der Waals surface area contributed by atoms with E-state index in [0.717, 1.165) is 17.7 Å². The van der Waals surface area contributed by atoms with Crippen LogP contribution in [0.25, 0.3) is 0 Å². The number of hydrogen-bond donors (Lipinski definition) is 2. The number of nitrogens with two attached hydrogens (primary N) is 1. The highest BCUT2D eigenvalue weighted by atomic mass is 35.5. The second-order valence-corrected chi connectivity index (χ2v) is 7.50. The molecule has 6 nitrogen and oxygen atoms in total. The maximum absolute atomic E-state index is 13.0. The van der Waals surface area contributed by atoms with Gasteiger partial charge in [-0.1, -0.05) is 23.7 Å². The third kappa shape index (κ3) is 6.95. The monoisotopic (exact) mass is 477 g/mol. The van der Waals surface area contributed by atoms with Crippen LogP contribution < -0.4 is 15.8 Å². The van der Waals surface area contributed by atoms with Crippen LogP contribution in [0.4, 0.5) is 18.9 Å². The third-order valence-electron chi connectivity index (χ3n) is 4.58. The quantitative estimate of drug-likeness (QED) is 0.477. The molecule has 1 aromatic heterocycles. The molecule has 33 heavy (non-hydrogen) atoms. The lowest BCUT2D eigenvalue weighted by Gasteiger charge is -2.12. The van der Waals surface area contributed by atoms with Crippen LogP contribution in [0.15, 0.2) is 60.8 Å². The molecule has 2 aromatic carbocycles. The number of benzene rings is 2. The topological polar surface area (TPSA) is 94.3 Å². The van der Waals surface area contributed by atoms with Gasteiger partial charge >= 0.3 is 6.18 Å². The Bertz CT molecular complexity index is 1170. The summed E-state index contributed by atoms with van der Waals surface area (Å²) in [7, 11) is 0. The average molecular weight is 478 g/mol. The van der Waals surface area contributed by atoms with Crippen LogP contribution in [0, 0.1) is 0 Å². The molecular formula is C23H19ClF3N3O3. The largest absolute Gasteiger partial charge is 0.489 e. The van der Waals surface area contributed by atoms with Crippen LogP contribution in [0.2, 0.25) is 5.02 Å². The van der Waals surface area contributed by atoms with Crippen LogP contribution >= 0.6 is 11.6 Å². The number of carbonyl (C=O) groups is 2. The average Bonchev–Trinajstić information content (AvgIpc) is 2.77. The summed E-state index contributed by atoms with van der Waals surface area (Å²) in [5.74, 6) is -0.518. The second-order valence-electron chi connectivity index (χ2n) is 7.09.